The normalized spacial score (nSPS) is 17.1. The van der Waals surface area contributed by atoms with Crippen LogP contribution in [-0.2, 0) is 26.8 Å². The number of carbonyl (C=O) groups is 1. The Bertz CT molecular complexity index is 1850. The van der Waals surface area contributed by atoms with Crippen molar-refractivity contribution >= 4 is 36.9 Å². The maximum atomic E-state index is 13.3. The summed E-state index contributed by atoms with van der Waals surface area (Å²) < 4.78 is 61.4. The maximum Gasteiger partial charge on any atom is 0.294 e. The molecule has 2 fully saturated rings. The second-order valence-electron chi connectivity index (χ2n) is 14.1. The van der Waals surface area contributed by atoms with E-state index in [-0.39, 0.29) is 32.0 Å². The van der Waals surface area contributed by atoms with Gasteiger partial charge in [-0.2, -0.15) is 16.8 Å². The first kappa shape index (κ1) is 40.0. The highest BCUT2D eigenvalue weighted by Gasteiger charge is 2.68. The molecule has 12 heteroatoms. The minimum atomic E-state index is -4.02. The number of ketones is 1. The molecule has 1 aromatic heterocycles. The number of nitrogens with one attached hydrogen (secondary N) is 1. The molecule has 0 unspecified atom stereocenters. The molecule has 0 amide bonds. The summed E-state index contributed by atoms with van der Waals surface area (Å²) in [4.78, 5) is 13.2. The first-order valence-corrected chi connectivity index (χ1v) is 19.1. The average Bonchev–Trinajstić information content (AvgIpc) is 3.25. The lowest BCUT2D eigenvalue weighted by atomic mass is 9.95. The van der Waals surface area contributed by atoms with Crippen molar-refractivity contribution in [3.63, 3.8) is 0 Å². The molecule has 2 heterocycles. The molecule has 5 N–H and O–H groups in total. The van der Waals surface area contributed by atoms with E-state index in [9.17, 15) is 21.6 Å². The molecule has 10 nitrogen and oxygen atoms in total. The summed E-state index contributed by atoms with van der Waals surface area (Å²) in [7, 11) is -8.04. The zero-order valence-electron chi connectivity index (χ0n) is 29.1. The number of hydrogen-bond donors (Lipinski definition) is 3. The molecule has 0 spiro atoms. The first-order chi connectivity index (χ1) is 22.3. The monoisotopic (exact) mass is 714 g/mol. The number of Topliss-reactive ketones (excluding diaryl/α,β-unsaturated/α-hetero) is 1. The molecule has 4 aromatic rings. The first-order valence-electron chi connectivity index (χ1n) is 16.2. The van der Waals surface area contributed by atoms with E-state index >= 15 is 0 Å². The Hall–Kier alpha value is -3.39. The van der Waals surface area contributed by atoms with Crippen molar-refractivity contribution < 1.29 is 36.2 Å². The Morgan fingerprint density at radius 2 is 1.22 bits per heavy atom. The number of benzene rings is 3. The van der Waals surface area contributed by atoms with E-state index in [1.807, 2.05) is 13.8 Å². The molecule has 0 bridgehead atoms. The lowest BCUT2D eigenvalue weighted by Gasteiger charge is -2.22. The summed E-state index contributed by atoms with van der Waals surface area (Å²) in [5.41, 5.74) is 4.22. The van der Waals surface area contributed by atoms with Gasteiger partial charge in [-0.15, -0.1) is 0 Å². The number of rotatable bonds is 7. The molecule has 0 atom stereocenters. The third kappa shape index (κ3) is 9.65. The third-order valence-electron chi connectivity index (χ3n) is 10.2. The Labute approximate surface area is 290 Å². The highest BCUT2D eigenvalue weighted by Crippen LogP contribution is 2.69. The van der Waals surface area contributed by atoms with Gasteiger partial charge in [-0.05, 0) is 93.3 Å². The van der Waals surface area contributed by atoms with E-state index in [2.05, 4.69) is 68.0 Å². The Morgan fingerprint density at radius 1 is 0.776 bits per heavy atom. The topological polar surface area (TPSA) is 174 Å². The summed E-state index contributed by atoms with van der Waals surface area (Å²) in [6.07, 6.45) is 5.89. The fourth-order valence-corrected chi connectivity index (χ4v) is 7.51. The largest absolute Gasteiger partial charge is 0.412 e. The van der Waals surface area contributed by atoms with Gasteiger partial charge in [0, 0.05) is 35.1 Å². The van der Waals surface area contributed by atoms with Crippen LogP contribution in [0.2, 0.25) is 0 Å². The molecule has 6 rings (SSSR count). The van der Waals surface area contributed by atoms with E-state index in [0.717, 1.165) is 47.6 Å². The maximum absolute atomic E-state index is 13.3. The van der Waals surface area contributed by atoms with Gasteiger partial charge in [0.1, 0.15) is 0 Å². The Balaban J connectivity index is 0.000000235. The SMILES string of the molecule is CC1(C)C(C(=O)c2cn(CCC3CCNCC3)c3ccccc23)C1(C)C.Cc1ccc(S(=O)(=O)O)cc1.Cc1ccc(S(=O)(=O)O)cc1.O. The predicted octanol–water partition coefficient (Wildman–Crippen LogP) is 6.55. The number of aromatic nitrogens is 1. The molecule has 1 saturated carbocycles. The van der Waals surface area contributed by atoms with Crippen LogP contribution in [-0.4, -0.2) is 54.9 Å². The summed E-state index contributed by atoms with van der Waals surface area (Å²) in [6.45, 7) is 15.9. The van der Waals surface area contributed by atoms with Crippen molar-refractivity contribution in [1.82, 2.24) is 9.88 Å². The summed E-state index contributed by atoms with van der Waals surface area (Å²) in [5, 5.41) is 4.57. The molecule has 268 valence electrons. The van der Waals surface area contributed by atoms with E-state index < -0.39 is 20.2 Å². The zero-order chi connectivity index (χ0) is 35.5. The van der Waals surface area contributed by atoms with Crippen LogP contribution in [0.4, 0.5) is 0 Å². The van der Waals surface area contributed by atoms with Gasteiger partial charge >= 0.3 is 0 Å². The molecule has 0 radical (unpaired) electrons. The number of piperidine rings is 1. The number of aryl methyl sites for hydroxylation is 3. The standard InChI is InChI=1S/C23H32N2O.2C7H8O3S.H2O/c1-22(2)21(23(22,3)4)20(26)18-15-25(19-8-6-5-7-17(18)19)14-11-16-9-12-24-13-10-16;2*1-6-2-4-7(5-3-6)11(8,9)10;/h5-8,15-16,21,24H,9-14H2,1-4H3;2*2-5H,1H3,(H,8,9,10);1H2. The lowest BCUT2D eigenvalue weighted by molar-refractivity contribution is 0.0946. The fourth-order valence-electron chi connectivity index (χ4n) is 6.55. The number of carbonyl (C=O) groups excluding carboxylic acids is 1. The predicted molar refractivity (Wildman–Crippen MR) is 193 cm³/mol. The van der Waals surface area contributed by atoms with Crippen molar-refractivity contribution in [3.8, 4) is 0 Å². The smallest absolute Gasteiger partial charge is 0.294 e. The second kappa shape index (κ2) is 15.7. The van der Waals surface area contributed by atoms with Gasteiger partial charge in [0.05, 0.1) is 9.79 Å². The van der Waals surface area contributed by atoms with Crippen molar-refractivity contribution in [2.24, 2.45) is 22.7 Å². The minimum Gasteiger partial charge on any atom is -0.412 e. The molecule has 1 saturated heterocycles. The van der Waals surface area contributed by atoms with E-state index in [1.165, 1.54) is 49.0 Å². The zero-order valence-corrected chi connectivity index (χ0v) is 30.7. The quantitative estimate of drug-likeness (QED) is 0.143. The highest BCUT2D eigenvalue weighted by molar-refractivity contribution is 7.86. The van der Waals surface area contributed by atoms with Crippen LogP contribution in [0.1, 0.15) is 68.4 Å². The van der Waals surface area contributed by atoms with Crippen molar-refractivity contribution in [3.05, 3.63) is 95.7 Å². The molecule has 1 aliphatic heterocycles. The second-order valence-corrected chi connectivity index (χ2v) is 16.9. The Morgan fingerprint density at radius 3 is 1.65 bits per heavy atom. The van der Waals surface area contributed by atoms with Gasteiger partial charge in [0.25, 0.3) is 20.2 Å². The van der Waals surface area contributed by atoms with Gasteiger partial charge in [-0.25, -0.2) is 0 Å². The van der Waals surface area contributed by atoms with Gasteiger partial charge in [-0.1, -0.05) is 81.3 Å². The van der Waals surface area contributed by atoms with Crippen LogP contribution in [0, 0.1) is 36.5 Å². The van der Waals surface area contributed by atoms with Crippen LogP contribution in [0.25, 0.3) is 10.9 Å². The summed E-state index contributed by atoms with van der Waals surface area (Å²) in [5.74, 6) is 1.26. The van der Waals surface area contributed by atoms with Crippen molar-refractivity contribution in [2.75, 3.05) is 13.1 Å². The number of hydrogen-bond acceptors (Lipinski definition) is 6. The lowest BCUT2D eigenvalue weighted by Crippen LogP contribution is -2.28. The molecular weight excluding hydrogens is 665 g/mol. The van der Waals surface area contributed by atoms with Crippen LogP contribution < -0.4 is 5.32 Å². The Kier molecular flexibility index (Phi) is 12.8. The molecule has 3 aromatic carbocycles. The van der Waals surface area contributed by atoms with Crippen LogP contribution in [0.5, 0.6) is 0 Å². The van der Waals surface area contributed by atoms with Gasteiger partial charge in [0.2, 0.25) is 0 Å². The van der Waals surface area contributed by atoms with Crippen molar-refractivity contribution in [2.45, 2.75) is 77.1 Å². The summed E-state index contributed by atoms with van der Waals surface area (Å²) >= 11 is 0. The van der Waals surface area contributed by atoms with Crippen LogP contribution in [0.15, 0.2) is 88.8 Å². The summed E-state index contributed by atoms with van der Waals surface area (Å²) in [6, 6.07) is 20.4. The average molecular weight is 715 g/mol. The van der Waals surface area contributed by atoms with Crippen LogP contribution >= 0.6 is 0 Å². The van der Waals surface area contributed by atoms with Gasteiger partial charge in [0.15, 0.2) is 5.78 Å². The number of nitrogens with zero attached hydrogens (tertiary/aromatic N) is 1. The van der Waals surface area contributed by atoms with Crippen molar-refractivity contribution in [1.29, 1.82) is 0 Å². The minimum absolute atomic E-state index is 0. The van der Waals surface area contributed by atoms with Crippen LogP contribution in [0.3, 0.4) is 0 Å². The van der Waals surface area contributed by atoms with E-state index in [0.29, 0.717) is 5.78 Å². The highest BCUT2D eigenvalue weighted by atomic mass is 32.2. The van der Waals surface area contributed by atoms with E-state index in [4.69, 9.17) is 9.11 Å². The molecule has 2 aliphatic rings. The fraction of sp³-hybridized carbons (Fsp3) is 0.432. The molecular formula is C37H50N2O8S2. The number of fused-ring (bicyclic) bond motifs is 1. The number of para-hydroxylation sites is 1. The van der Waals surface area contributed by atoms with Gasteiger partial charge < -0.3 is 15.4 Å². The van der Waals surface area contributed by atoms with Gasteiger partial charge in [-0.3, -0.25) is 13.9 Å². The third-order valence-corrected chi connectivity index (χ3v) is 11.9. The molecule has 49 heavy (non-hydrogen) atoms. The molecule has 1 aliphatic carbocycles. The van der Waals surface area contributed by atoms with E-state index in [1.54, 1.807) is 24.3 Å².